The van der Waals surface area contributed by atoms with Gasteiger partial charge in [-0.15, -0.1) is 0 Å². The number of nitrogens with one attached hydrogen (secondary N) is 2. The van der Waals surface area contributed by atoms with E-state index in [0.717, 1.165) is 12.8 Å². The van der Waals surface area contributed by atoms with E-state index >= 15 is 0 Å². The van der Waals surface area contributed by atoms with Gasteiger partial charge in [0.15, 0.2) is 0 Å². The van der Waals surface area contributed by atoms with Crippen LogP contribution in [0.25, 0.3) is 0 Å². The van der Waals surface area contributed by atoms with Crippen molar-refractivity contribution in [1.29, 1.82) is 0 Å². The average molecular weight is 368 g/mol. The van der Waals surface area contributed by atoms with E-state index in [1.165, 1.54) is 0 Å². The molecule has 0 radical (unpaired) electrons. The maximum atomic E-state index is 12.6. The normalized spacial score (nSPS) is 10.5. The number of para-hydroxylation sites is 1. The summed E-state index contributed by atoms with van der Waals surface area (Å²) in [5.74, 6) is 0.655. The molecule has 2 amide bonds. The van der Waals surface area contributed by atoms with E-state index in [1.54, 1.807) is 36.4 Å². The number of amides is 2. The minimum Gasteiger partial charge on any atom is -0.493 e. The van der Waals surface area contributed by atoms with Gasteiger partial charge in [0, 0.05) is 17.8 Å². The van der Waals surface area contributed by atoms with Gasteiger partial charge in [-0.1, -0.05) is 39.3 Å². The highest BCUT2D eigenvalue weighted by Crippen LogP contribution is 2.21. The molecule has 0 saturated heterocycles. The summed E-state index contributed by atoms with van der Waals surface area (Å²) in [7, 11) is 0. The van der Waals surface area contributed by atoms with Crippen LogP contribution >= 0.6 is 0 Å². The summed E-state index contributed by atoms with van der Waals surface area (Å²) in [6, 6.07) is 14.3. The Kier molecular flexibility index (Phi) is 7.86. The van der Waals surface area contributed by atoms with E-state index in [0.29, 0.717) is 41.6 Å². The van der Waals surface area contributed by atoms with Crippen molar-refractivity contribution in [2.75, 3.05) is 17.2 Å². The van der Waals surface area contributed by atoms with Crippen molar-refractivity contribution in [3.8, 4) is 5.75 Å². The topological polar surface area (TPSA) is 67.4 Å². The van der Waals surface area contributed by atoms with Crippen LogP contribution in [0.2, 0.25) is 0 Å². The van der Waals surface area contributed by atoms with Crippen LogP contribution in [0.1, 0.15) is 50.4 Å². The van der Waals surface area contributed by atoms with Gasteiger partial charge < -0.3 is 15.4 Å². The Labute approximate surface area is 161 Å². The number of ether oxygens (including phenoxy) is 1. The molecule has 0 unspecified atom stereocenters. The van der Waals surface area contributed by atoms with Crippen molar-refractivity contribution in [2.45, 2.75) is 40.0 Å². The first-order chi connectivity index (χ1) is 13.0. The molecule has 2 rings (SSSR count). The fourth-order valence-corrected chi connectivity index (χ4v) is 2.52. The Morgan fingerprint density at radius 2 is 1.59 bits per heavy atom. The van der Waals surface area contributed by atoms with Gasteiger partial charge in [-0.3, -0.25) is 9.59 Å². The molecule has 0 aromatic heterocycles. The molecule has 0 bridgehead atoms. The SMILES string of the molecule is CCCCOc1ccccc1C(=O)Nc1ccc(NC(=O)CC(C)C)cc1. The Bertz CT molecular complexity index is 754. The molecule has 0 aliphatic rings. The summed E-state index contributed by atoms with van der Waals surface area (Å²) >= 11 is 0. The van der Waals surface area contributed by atoms with Crippen molar-refractivity contribution in [3.63, 3.8) is 0 Å². The van der Waals surface area contributed by atoms with Crippen LogP contribution in [0.4, 0.5) is 11.4 Å². The maximum absolute atomic E-state index is 12.6. The molecule has 0 aliphatic heterocycles. The van der Waals surface area contributed by atoms with Crippen molar-refractivity contribution in [3.05, 3.63) is 54.1 Å². The minimum atomic E-state index is -0.223. The molecule has 0 spiro atoms. The van der Waals surface area contributed by atoms with E-state index in [9.17, 15) is 9.59 Å². The Balaban J connectivity index is 1.99. The largest absolute Gasteiger partial charge is 0.493 e. The van der Waals surface area contributed by atoms with Gasteiger partial charge in [0.1, 0.15) is 5.75 Å². The fraction of sp³-hybridized carbons (Fsp3) is 0.364. The van der Waals surface area contributed by atoms with Crippen molar-refractivity contribution >= 4 is 23.2 Å². The number of carbonyl (C=O) groups excluding carboxylic acids is 2. The lowest BCUT2D eigenvalue weighted by molar-refractivity contribution is -0.116. The molecule has 5 nitrogen and oxygen atoms in total. The zero-order valence-electron chi connectivity index (χ0n) is 16.2. The van der Waals surface area contributed by atoms with Crippen LogP contribution in [-0.2, 0) is 4.79 Å². The van der Waals surface area contributed by atoms with E-state index < -0.39 is 0 Å². The molecule has 0 fully saturated rings. The van der Waals surface area contributed by atoms with Gasteiger partial charge in [0.25, 0.3) is 5.91 Å². The van der Waals surface area contributed by atoms with Crippen LogP contribution in [0.15, 0.2) is 48.5 Å². The van der Waals surface area contributed by atoms with Crippen LogP contribution < -0.4 is 15.4 Å². The first-order valence-electron chi connectivity index (χ1n) is 9.42. The van der Waals surface area contributed by atoms with Crippen LogP contribution in [0, 0.1) is 5.92 Å². The second kappa shape index (κ2) is 10.4. The molecular weight excluding hydrogens is 340 g/mol. The third-order valence-corrected chi connectivity index (χ3v) is 3.91. The van der Waals surface area contributed by atoms with Gasteiger partial charge >= 0.3 is 0 Å². The molecule has 0 aliphatic carbocycles. The first-order valence-corrected chi connectivity index (χ1v) is 9.42. The summed E-state index contributed by atoms with van der Waals surface area (Å²) in [5.41, 5.74) is 1.87. The molecule has 144 valence electrons. The van der Waals surface area contributed by atoms with Gasteiger partial charge in [-0.25, -0.2) is 0 Å². The van der Waals surface area contributed by atoms with Gasteiger partial charge in [0.05, 0.1) is 12.2 Å². The summed E-state index contributed by atoms with van der Waals surface area (Å²) < 4.78 is 5.72. The molecule has 2 N–H and O–H groups in total. The van der Waals surface area contributed by atoms with Crippen LogP contribution in [-0.4, -0.2) is 18.4 Å². The number of carbonyl (C=O) groups is 2. The molecule has 0 atom stereocenters. The minimum absolute atomic E-state index is 0.0139. The second-order valence-electron chi connectivity index (χ2n) is 6.88. The number of anilines is 2. The van der Waals surface area contributed by atoms with Gasteiger partial charge in [0.2, 0.25) is 5.91 Å². The van der Waals surface area contributed by atoms with Gasteiger partial charge in [-0.05, 0) is 48.7 Å². The molecule has 27 heavy (non-hydrogen) atoms. The van der Waals surface area contributed by atoms with E-state index in [2.05, 4.69) is 17.6 Å². The molecule has 0 saturated carbocycles. The fourth-order valence-electron chi connectivity index (χ4n) is 2.52. The number of rotatable bonds is 9. The highest BCUT2D eigenvalue weighted by atomic mass is 16.5. The van der Waals surface area contributed by atoms with Crippen molar-refractivity contribution < 1.29 is 14.3 Å². The monoisotopic (exact) mass is 368 g/mol. The summed E-state index contributed by atoms with van der Waals surface area (Å²) in [6.07, 6.45) is 2.46. The lowest BCUT2D eigenvalue weighted by Crippen LogP contribution is -2.15. The van der Waals surface area contributed by atoms with Crippen LogP contribution in [0.5, 0.6) is 5.75 Å². The summed E-state index contributed by atoms with van der Waals surface area (Å²) in [4.78, 5) is 24.4. The molecule has 2 aromatic carbocycles. The summed E-state index contributed by atoms with van der Waals surface area (Å²) in [5, 5.41) is 5.72. The maximum Gasteiger partial charge on any atom is 0.259 e. The van der Waals surface area contributed by atoms with E-state index in [-0.39, 0.29) is 11.8 Å². The third-order valence-electron chi connectivity index (χ3n) is 3.91. The Morgan fingerprint density at radius 1 is 0.963 bits per heavy atom. The lowest BCUT2D eigenvalue weighted by Gasteiger charge is -2.12. The predicted octanol–water partition coefficient (Wildman–Crippen LogP) is 5.10. The predicted molar refractivity (Wildman–Crippen MR) is 109 cm³/mol. The standard InChI is InChI=1S/C22H28N2O3/c1-4-5-14-27-20-9-7-6-8-19(20)22(26)24-18-12-10-17(11-13-18)23-21(25)15-16(2)3/h6-13,16H,4-5,14-15H2,1-3H3,(H,23,25)(H,24,26). The first kappa shape index (κ1) is 20.5. The number of hydrogen-bond donors (Lipinski definition) is 2. The molecule has 2 aromatic rings. The Morgan fingerprint density at radius 3 is 2.22 bits per heavy atom. The Hall–Kier alpha value is -2.82. The van der Waals surface area contributed by atoms with E-state index in [1.807, 2.05) is 26.0 Å². The molecule has 0 heterocycles. The number of unbranched alkanes of at least 4 members (excludes halogenated alkanes) is 1. The van der Waals surface area contributed by atoms with Crippen molar-refractivity contribution in [2.24, 2.45) is 5.92 Å². The lowest BCUT2D eigenvalue weighted by atomic mass is 10.1. The van der Waals surface area contributed by atoms with Crippen molar-refractivity contribution in [1.82, 2.24) is 0 Å². The van der Waals surface area contributed by atoms with Crippen LogP contribution in [0.3, 0.4) is 0 Å². The molecule has 5 heteroatoms. The average Bonchev–Trinajstić information content (AvgIpc) is 2.63. The summed E-state index contributed by atoms with van der Waals surface area (Å²) in [6.45, 7) is 6.69. The van der Waals surface area contributed by atoms with E-state index in [4.69, 9.17) is 4.74 Å². The zero-order valence-corrected chi connectivity index (χ0v) is 16.2. The zero-order chi connectivity index (χ0) is 19.6. The van der Waals surface area contributed by atoms with Gasteiger partial charge in [-0.2, -0.15) is 0 Å². The quantitative estimate of drug-likeness (QED) is 0.605. The number of benzene rings is 2. The highest BCUT2D eigenvalue weighted by Gasteiger charge is 2.12. The number of hydrogen-bond acceptors (Lipinski definition) is 3. The third kappa shape index (κ3) is 6.77. The highest BCUT2D eigenvalue weighted by molar-refractivity contribution is 6.06. The molecular formula is C22H28N2O3. The smallest absolute Gasteiger partial charge is 0.259 e. The second-order valence-corrected chi connectivity index (χ2v) is 6.88.